The predicted molar refractivity (Wildman–Crippen MR) is 75.1 cm³/mol. The molecule has 1 heterocycles. The topological polar surface area (TPSA) is 78.9 Å². The molecule has 0 aromatic rings. The van der Waals surface area contributed by atoms with Crippen LogP contribution >= 0.6 is 0 Å². The summed E-state index contributed by atoms with van der Waals surface area (Å²) in [6.45, 7) is 2.59. The smallest absolute Gasteiger partial charge is 0.456 e. The maximum Gasteiger partial charge on any atom is 0.456 e. The molecule has 6 nitrogen and oxygen atoms in total. The van der Waals surface area contributed by atoms with Gasteiger partial charge in [-0.1, -0.05) is 6.58 Å². The van der Waals surface area contributed by atoms with E-state index in [-0.39, 0.29) is 12.0 Å². The number of carbonyl (C=O) groups excluding carboxylic acids is 3. The molecule has 1 saturated heterocycles. The van der Waals surface area contributed by atoms with Crippen LogP contribution in [0.2, 0.25) is 0 Å². The number of fused-ring (bicyclic) bond motifs is 1. The van der Waals surface area contributed by atoms with E-state index in [0.29, 0.717) is 0 Å². The highest BCUT2D eigenvalue weighted by Crippen LogP contribution is 2.59. The quantitative estimate of drug-likeness (QED) is 0.305. The number of alkyl halides is 5. The number of esters is 3. The molecule has 0 aromatic carbocycles. The number of hydrogen-bond donors (Lipinski definition) is 0. The summed E-state index contributed by atoms with van der Waals surface area (Å²) in [7, 11) is 0. The molecule has 27 heavy (non-hydrogen) atoms. The van der Waals surface area contributed by atoms with Gasteiger partial charge in [0.1, 0.15) is 12.2 Å². The predicted octanol–water partition coefficient (Wildman–Crippen LogP) is 2.02. The van der Waals surface area contributed by atoms with Crippen LogP contribution in [0.4, 0.5) is 22.0 Å². The summed E-state index contributed by atoms with van der Waals surface area (Å²) in [5.74, 6) is -11.7. The Morgan fingerprint density at radius 2 is 1.85 bits per heavy atom. The van der Waals surface area contributed by atoms with E-state index < -0.39 is 72.5 Å². The van der Waals surface area contributed by atoms with Gasteiger partial charge in [0.15, 0.2) is 6.61 Å². The number of rotatable bonds is 5. The molecule has 3 rings (SSSR count). The minimum atomic E-state index is -5.88. The highest BCUT2D eigenvalue weighted by molar-refractivity contribution is 5.88. The SMILES string of the molecule is C=C(C)C(=O)OC1C2CC3C1OC(=O)C3C2C(=O)OCC(F)(F)C(F)(F)F. The highest BCUT2D eigenvalue weighted by Gasteiger charge is 2.70. The van der Waals surface area contributed by atoms with E-state index in [1.54, 1.807) is 0 Å². The van der Waals surface area contributed by atoms with Crippen molar-refractivity contribution in [3.05, 3.63) is 12.2 Å². The maximum atomic E-state index is 13.0. The zero-order valence-corrected chi connectivity index (χ0v) is 13.9. The van der Waals surface area contributed by atoms with Gasteiger partial charge >= 0.3 is 30.0 Å². The molecular weight excluding hydrogens is 383 g/mol. The molecule has 0 N–H and O–H groups in total. The fourth-order valence-electron chi connectivity index (χ4n) is 4.03. The van der Waals surface area contributed by atoms with Gasteiger partial charge in [-0.3, -0.25) is 9.59 Å². The lowest BCUT2D eigenvalue weighted by Crippen LogP contribution is -2.46. The summed E-state index contributed by atoms with van der Waals surface area (Å²) < 4.78 is 77.2. The van der Waals surface area contributed by atoms with Gasteiger partial charge in [0.2, 0.25) is 0 Å². The second-order valence-electron chi connectivity index (χ2n) is 6.98. The van der Waals surface area contributed by atoms with Crippen molar-refractivity contribution in [1.82, 2.24) is 0 Å². The maximum absolute atomic E-state index is 13.0. The molecule has 0 aromatic heterocycles. The van der Waals surface area contributed by atoms with Gasteiger partial charge in [-0.15, -0.1) is 0 Å². The molecule has 6 atom stereocenters. The lowest BCUT2D eigenvalue weighted by molar-refractivity contribution is -0.294. The van der Waals surface area contributed by atoms with Crippen LogP contribution in [0.15, 0.2) is 12.2 Å². The minimum absolute atomic E-state index is 0.0580. The van der Waals surface area contributed by atoms with E-state index in [1.807, 2.05) is 0 Å². The van der Waals surface area contributed by atoms with Crippen LogP contribution in [0.25, 0.3) is 0 Å². The Morgan fingerprint density at radius 1 is 1.22 bits per heavy atom. The zero-order chi connectivity index (χ0) is 20.3. The van der Waals surface area contributed by atoms with Gasteiger partial charge in [-0.05, 0) is 13.3 Å². The van der Waals surface area contributed by atoms with Crippen LogP contribution in [0.1, 0.15) is 13.3 Å². The summed E-state index contributed by atoms with van der Waals surface area (Å²) in [6, 6.07) is 0. The van der Waals surface area contributed by atoms with E-state index in [0.717, 1.165) is 0 Å². The average molecular weight is 398 g/mol. The van der Waals surface area contributed by atoms with Crippen molar-refractivity contribution in [2.75, 3.05) is 6.61 Å². The van der Waals surface area contributed by atoms with Gasteiger partial charge < -0.3 is 14.2 Å². The third-order valence-electron chi connectivity index (χ3n) is 5.22. The van der Waals surface area contributed by atoms with Gasteiger partial charge in [0.05, 0.1) is 11.8 Å². The van der Waals surface area contributed by atoms with Crippen LogP contribution in [0.5, 0.6) is 0 Å². The minimum Gasteiger partial charge on any atom is -0.459 e. The summed E-state index contributed by atoms with van der Waals surface area (Å²) in [4.78, 5) is 36.0. The third-order valence-corrected chi connectivity index (χ3v) is 5.22. The van der Waals surface area contributed by atoms with E-state index in [4.69, 9.17) is 9.47 Å². The molecule has 2 aliphatic carbocycles. The van der Waals surface area contributed by atoms with E-state index in [9.17, 15) is 36.3 Å². The van der Waals surface area contributed by atoms with Crippen molar-refractivity contribution in [1.29, 1.82) is 0 Å². The molecule has 11 heteroatoms. The molecule has 2 saturated carbocycles. The fourth-order valence-corrected chi connectivity index (χ4v) is 4.03. The average Bonchev–Trinajstić information content (AvgIpc) is 3.14. The van der Waals surface area contributed by atoms with Crippen LogP contribution in [0.3, 0.4) is 0 Å². The standard InChI is InChI=1S/C16H15F5O6/c1-5(2)12(22)26-10-6-3-7-9(14(24)27-11(7)10)8(6)13(23)25-4-15(17,18)16(19,20)21/h6-11H,1,3-4H2,2H3. The molecule has 150 valence electrons. The van der Waals surface area contributed by atoms with Crippen molar-refractivity contribution in [2.45, 2.75) is 37.7 Å². The van der Waals surface area contributed by atoms with Crippen molar-refractivity contribution in [3.63, 3.8) is 0 Å². The summed E-state index contributed by atoms with van der Waals surface area (Å²) in [6.07, 6.45) is -7.44. The lowest BCUT2D eigenvalue weighted by Gasteiger charge is -2.30. The first kappa shape index (κ1) is 19.6. The van der Waals surface area contributed by atoms with Gasteiger partial charge in [-0.25, -0.2) is 4.79 Å². The zero-order valence-electron chi connectivity index (χ0n) is 13.9. The van der Waals surface area contributed by atoms with Crippen molar-refractivity contribution in [2.24, 2.45) is 23.7 Å². The summed E-state index contributed by atoms with van der Waals surface area (Å²) in [5, 5.41) is 0. The fraction of sp³-hybridized carbons (Fsp3) is 0.688. The van der Waals surface area contributed by atoms with E-state index >= 15 is 0 Å². The first-order valence-electron chi connectivity index (χ1n) is 8.03. The highest BCUT2D eigenvalue weighted by atomic mass is 19.4. The Labute approximate surface area is 149 Å². The van der Waals surface area contributed by atoms with E-state index in [1.165, 1.54) is 6.92 Å². The number of halogens is 5. The van der Waals surface area contributed by atoms with Crippen LogP contribution in [-0.4, -0.2) is 48.8 Å². The van der Waals surface area contributed by atoms with Gasteiger partial charge in [0, 0.05) is 17.4 Å². The molecule has 2 bridgehead atoms. The first-order valence-corrected chi connectivity index (χ1v) is 8.03. The molecule has 0 spiro atoms. The lowest BCUT2D eigenvalue weighted by atomic mass is 9.78. The molecule has 6 unspecified atom stereocenters. The first-order chi connectivity index (χ1) is 12.3. The molecular formula is C16H15F5O6. The number of carbonyl (C=O) groups is 3. The van der Waals surface area contributed by atoms with E-state index in [2.05, 4.69) is 11.3 Å². The van der Waals surface area contributed by atoms with Crippen molar-refractivity contribution >= 4 is 17.9 Å². The number of ether oxygens (including phenoxy) is 3. The summed E-state index contributed by atoms with van der Waals surface area (Å²) >= 11 is 0. The summed E-state index contributed by atoms with van der Waals surface area (Å²) in [5.41, 5.74) is 0.0580. The van der Waals surface area contributed by atoms with Gasteiger partial charge in [0.25, 0.3) is 0 Å². The van der Waals surface area contributed by atoms with Crippen LogP contribution in [-0.2, 0) is 28.6 Å². The van der Waals surface area contributed by atoms with Crippen molar-refractivity contribution in [3.8, 4) is 0 Å². The Kier molecular flexibility index (Phi) is 4.47. The molecule has 3 fully saturated rings. The molecule has 0 amide bonds. The Hall–Kier alpha value is -2.20. The van der Waals surface area contributed by atoms with Gasteiger partial charge in [-0.2, -0.15) is 22.0 Å². The Morgan fingerprint density at radius 3 is 2.41 bits per heavy atom. The largest absolute Gasteiger partial charge is 0.459 e. The molecule has 1 aliphatic heterocycles. The molecule has 0 radical (unpaired) electrons. The molecule has 3 aliphatic rings. The Bertz CT molecular complexity index is 702. The monoisotopic (exact) mass is 398 g/mol. The van der Waals surface area contributed by atoms with Crippen LogP contribution < -0.4 is 0 Å². The van der Waals surface area contributed by atoms with Crippen molar-refractivity contribution < 1.29 is 50.5 Å². The van der Waals surface area contributed by atoms with Crippen LogP contribution in [0, 0.1) is 23.7 Å². The second-order valence-corrected chi connectivity index (χ2v) is 6.98. The second kappa shape index (κ2) is 6.16. The Balaban J connectivity index is 1.75. The number of hydrogen-bond acceptors (Lipinski definition) is 6. The normalized spacial score (nSPS) is 34.4. The third kappa shape index (κ3) is 3.06.